The molecular weight excluding hydrogens is 336 g/mol. The van der Waals surface area contributed by atoms with Crippen LogP contribution in [-0.2, 0) is 22.6 Å². The van der Waals surface area contributed by atoms with Crippen LogP contribution < -0.4 is 5.32 Å². The Balaban J connectivity index is 2.21. The predicted octanol–water partition coefficient (Wildman–Crippen LogP) is 3.87. The summed E-state index contributed by atoms with van der Waals surface area (Å²) in [6.07, 6.45) is 1.14. The summed E-state index contributed by atoms with van der Waals surface area (Å²) in [6, 6.07) is 17.3. The van der Waals surface area contributed by atoms with Gasteiger partial charge in [-0.15, -0.1) is 0 Å². The Bertz CT molecular complexity index is 758. The van der Waals surface area contributed by atoms with E-state index in [1.54, 1.807) is 11.8 Å². The van der Waals surface area contributed by atoms with Crippen molar-refractivity contribution in [1.29, 1.82) is 0 Å². The molecular formula is C23H30N2O2. The highest BCUT2D eigenvalue weighted by Crippen LogP contribution is 2.14. The van der Waals surface area contributed by atoms with E-state index in [-0.39, 0.29) is 24.3 Å². The van der Waals surface area contributed by atoms with E-state index in [1.807, 2.05) is 69.3 Å². The van der Waals surface area contributed by atoms with Crippen molar-refractivity contribution in [3.05, 3.63) is 71.3 Å². The molecule has 4 nitrogen and oxygen atoms in total. The zero-order valence-corrected chi connectivity index (χ0v) is 16.7. The molecule has 1 N–H and O–H groups in total. The molecule has 0 bridgehead atoms. The maximum atomic E-state index is 13.0. The van der Waals surface area contributed by atoms with Crippen LogP contribution in [0, 0.1) is 6.92 Å². The summed E-state index contributed by atoms with van der Waals surface area (Å²) in [5.41, 5.74) is 3.12. The molecule has 0 unspecified atom stereocenters. The molecule has 4 heteroatoms. The van der Waals surface area contributed by atoms with E-state index < -0.39 is 6.04 Å². The first-order chi connectivity index (χ1) is 12.9. The van der Waals surface area contributed by atoms with Crippen LogP contribution in [0.5, 0.6) is 0 Å². The number of nitrogens with one attached hydrogen (secondary N) is 1. The summed E-state index contributed by atoms with van der Waals surface area (Å²) in [4.78, 5) is 27.4. The predicted molar refractivity (Wildman–Crippen MR) is 109 cm³/mol. The number of nitrogens with zero attached hydrogens (tertiary/aromatic N) is 1. The minimum Gasteiger partial charge on any atom is -0.352 e. The van der Waals surface area contributed by atoms with Crippen LogP contribution >= 0.6 is 0 Å². The van der Waals surface area contributed by atoms with Gasteiger partial charge in [-0.1, -0.05) is 67.1 Å². The Hall–Kier alpha value is -2.62. The van der Waals surface area contributed by atoms with Gasteiger partial charge in [-0.25, -0.2) is 0 Å². The molecule has 2 atom stereocenters. The molecule has 2 aromatic carbocycles. The van der Waals surface area contributed by atoms with E-state index in [4.69, 9.17) is 0 Å². The van der Waals surface area contributed by atoms with Crippen molar-refractivity contribution in [1.82, 2.24) is 10.2 Å². The molecule has 27 heavy (non-hydrogen) atoms. The molecule has 2 amide bonds. The van der Waals surface area contributed by atoms with Gasteiger partial charge in [0.1, 0.15) is 6.04 Å². The fourth-order valence-electron chi connectivity index (χ4n) is 2.93. The van der Waals surface area contributed by atoms with Gasteiger partial charge in [0.15, 0.2) is 0 Å². The van der Waals surface area contributed by atoms with Gasteiger partial charge in [0, 0.05) is 12.6 Å². The fraction of sp³-hybridized carbons (Fsp3) is 0.391. The molecule has 0 heterocycles. The molecule has 0 saturated carbocycles. The minimum atomic E-state index is -0.532. The van der Waals surface area contributed by atoms with Crippen molar-refractivity contribution in [2.75, 3.05) is 0 Å². The van der Waals surface area contributed by atoms with Crippen LogP contribution in [0.25, 0.3) is 0 Å². The average Bonchev–Trinajstić information content (AvgIpc) is 2.66. The maximum absolute atomic E-state index is 13.0. The lowest BCUT2D eigenvalue weighted by atomic mass is 10.1. The monoisotopic (exact) mass is 366 g/mol. The lowest BCUT2D eigenvalue weighted by Gasteiger charge is -2.30. The lowest BCUT2D eigenvalue weighted by Crippen LogP contribution is -2.49. The number of hydrogen-bond donors (Lipinski definition) is 1. The molecule has 0 spiro atoms. The molecule has 0 fully saturated rings. The van der Waals surface area contributed by atoms with Gasteiger partial charge in [-0.05, 0) is 38.3 Å². The standard InChI is InChI=1S/C23H30N2O2/c1-5-18(3)24-23(27)19(4)25(16-21-13-9-10-17(2)14-21)22(26)15-20-11-7-6-8-12-20/h6-14,18-19H,5,15-16H2,1-4H3,(H,24,27)/t18-,19+/m0/s1. The number of benzene rings is 2. The molecule has 0 aromatic heterocycles. The smallest absolute Gasteiger partial charge is 0.242 e. The Labute approximate surface area is 162 Å². The zero-order chi connectivity index (χ0) is 19.8. The Morgan fingerprint density at radius 1 is 1.00 bits per heavy atom. The second kappa shape index (κ2) is 9.91. The highest BCUT2D eigenvalue weighted by atomic mass is 16.2. The first-order valence-electron chi connectivity index (χ1n) is 9.60. The SMILES string of the molecule is CC[C@H](C)NC(=O)[C@@H](C)N(Cc1cccc(C)c1)C(=O)Cc1ccccc1. The summed E-state index contributed by atoms with van der Waals surface area (Å²) in [5.74, 6) is -0.159. The largest absolute Gasteiger partial charge is 0.352 e. The first-order valence-corrected chi connectivity index (χ1v) is 9.60. The number of aryl methyl sites for hydroxylation is 1. The maximum Gasteiger partial charge on any atom is 0.242 e. The van der Waals surface area contributed by atoms with Crippen LogP contribution in [0.15, 0.2) is 54.6 Å². The van der Waals surface area contributed by atoms with Gasteiger partial charge in [-0.3, -0.25) is 9.59 Å². The summed E-state index contributed by atoms with van der Waals surface area (Å²) in [7, 11) is 0. The Morgan fingerprint density at radius 2 is 1.67 bits per heavy atom. The fourth-order valence-corrected chi connectivity index (χ4v) is 2.93. The van der Waals surface area contributed by atoms with Crippen LogP contribution in [-0.4, -0.2) is 28.8 Å². The molecule has 2 aromatic rings. The van der Waals surface area contributed by atoms with E-state index in [2.05, 4.69) is 11.4 Å². The van der Waals surface area contributed by atoms with E-state index in [1.165, 1.54) is 0 Å². The highest BCUT2D eigenvalue weighted by Gasteiger charge is 2.26. The molecule has 0 aliphatic carbocycles. The van der Waals surface area contributed by atoms with Gasteiger partial charge in [0.2, 0.25) is 11.8 Å². The van der Waals surface area contributed by atoms with Crippen molar-refractivity contribution in [2.24, 2.45) is 0 Å². The summed E-state index contributed by atoms with van der Waals surface area (Å²) >= 11 is 0. The van der Waals surface area contributed by atoms with Gasteiger partial charge in [0.05, 0.1) is 6.42 Å². The Kier molecular flexibility index (Phi) is 7.59. The van der Waals surface area contributed by atoms with Crippen LogP contribution in [0.2, 0.25) is 0 Å². The molecule has 144 valence electrons. The minimum absolute atomic E-state index is 0.0468. The van der Waals surface area contributed by atoms with Crippen LogP contribution in [0.3, 0.4) is 0 Å². The Morgan fingerprint density at radius 3 is 2.30 bits per heavy atom. The van der Waals surface area contributed by atoms with Gasteiger partial charge >= 0.3 is 0 Å². The summed E-state index contributed by atoms with van der Waals surface area (Å²) in [5, 5.41) is 2.99. The summed E-state index contributed by atoms with van der Waals surface area (Å²) < 4.78 is 0. The summed E-state index contributed by atoms with van der Waals surface area (Å²) in [6.45, 7) is 8.25. The van der Waals surface area contributed by atoms with Crippen LogP contribution in [0.4, 0.5) is 0 Å². The van der Waals surface area contributed by atoms with Gasteiger partial charge in [0.25, 0.3) is 0 Å². The topological polar surface area (TPSA) is 49.4 Å². The van der Waals surface area contributed by atoms with Gasteiger partial charge < -0.3 is 10.2 Å². The third-order valence-corrected chi connectivity index (χ3v) is 4.80. The zero-order valence-electron chi connectivity index (χ0n) is 16.7. The molecule has 0 aliphatic rings. The van der Waals surface area contributed by atoms with E-state index in [9.17, 15) is 9.59 Å². The lowest BCUT2D eigenvalue weighted by molar-refractivity contribution is -0.140. The first kappa shape index (κ1) is 20.7. The van der Waals surface area contributed by atoms with Crippen molar-refractivity contribution in [3.63, 3.8) is 0 Å². The van der Waals surface area contributed by atoms with Crippen molar-refractivity contribution in [3.8, 4) is 0 Å². The molecule has 0 radical (unpaired) electrons. The van der Waals surface area contributed by atoms with Crippen molar-refractivity contribution < 1.29 is 9.59 Å². The van der Waals surface area contributed by atoms with E-state index in [0.717, 1.165) is 23.1 Å². The normalized spacial score (nSPS) is 12.9. The second-order valence-corrected chi connectivity index (χ2v) is 7.17. The number of carbonyl (C=O) groups excluding carboxylic acids is 2. The molecule has 0 aliphatic heterocycles. The van der Waals surface area contributed by atoms with E-state index in [0.29, 0.717) is 6.54 Å². The second-order valence-electron chi connectivity index (χ2n) is 7.17. The average molecular weight is 367 g/mol. The van der Waals surface area contributed by atoms with Crippen LogP contribution in [0.1, 0.15) is 43.9 Å². The number of rotatable bonds is 8. The highest BCUT2D eigenvalue weighted by molar-refractivity contribution is 5.88. The quantitative estimate of drug-likeness (QED) is 0.771. The molecule has 2 rings (SSSR count). The van der Waals surface area contributed by atoms with Crippen molar-refractivity contribution in [2.45, 2.75) is 59.2 Å². The van der Waals surface area contributed by atoms with Gasteiger partial charge in [-0.2, -0.15) is 0 Å². The third-order valence-electron chi connectivity index (χ3n) is 4.80. The number of amides is 2. The van der Waals surface area contributed by atoms with E-state index >= 15 is 0 Å². The third kappa shape index (κ3) is 6.24. The molecule has 0 saturated heterocycles. The number of hydrogen-bond acceptors (Lipinski definition) is 2. The van der Waals surface area contributed by atoms with Crippen molar-refractivity contribution >= 4 is 11.8 Å². The number of carbonyl (C=O) groups is 2.